The van der Waals surface area contributed by atoms with E-state index < -0.39 is 0 Å². The average molecular weight is 305 g/mol. The smallest absolute Gasteiger partial charge is 0.227 e. The normalized spacial score (nSPS) is 12.1. The minimum Gasteiger partial charge on any atom is -0.354 e. The van der Waals surface area contributed by atoms with E-state index in [9.17, 15) is 9.18 Å². The molecule has 0 saturated heterocycles. The molecule has 0 aliphatic heterocycles. The van der Waals surface area contributed by atoms with Gasteiger partial charge in [0.15, 0.2) is 0 Å². The lowest BCUT2D eigenvalue weighted by Crippen LogP contribution is -2.32. The second-order valence-corrected chi connectivity index (χ2v) is 5.28. The maximum absolute atomic E-state index is 13.2. The molecule has 1 N–H and O–H groups in total. The van der Waals surface area contributed by atoms with E-state index in [0.29, 0.717) is 30.1 Å². The van der Waals surface area contributed by atoms with Crippen LogP contribution in [0.5, 0.6) is 0 Å². The molecular weight excluding hydrogens is 285 g/mol. The molecule has 0 aliphatic carbocycles. The fourth-order valence-corrected chi connectivity index (χ4v) is 2.17. The lowest BCUT2D eigenvalue weighted by atomic mass is 10.2. The van der Waals surface area contributed by atoms with Gasteiger partial charge in [0.1, 0.15) is 5.82 Å². The second kappa shape index (κ2) is 7.68. The van der Waals surface area contributed by atoms with Gasteiger partial charge in [-0.1, -0.05) is 30.6 Å². The molecule has 5 nitrogen and oxygen atoms in total. The Morgan fingerprint density at radius 2 is 2.27 bits per heavy atom. The molecule has 6 heteroatoms. The van der Waals surface area contributed by atoms with Gasteiger partial charge in [0.05, 0.1) is 0 Å². The monoisotopic (exact) mass is 305 g/mol. The van der Waals surface area contributed by atoms with E-state index in [0.717, 1.165) is 12.8 Å². The number of nitrogens with zero attached hydrogens (tertiary/aromatic N) is 2. The van der Waals surface area contributed by atoms with Gasteiger partial charge in [0.2, 0.25) is 17.6 Å². The lowest BCUT2D eigenvalue weighted by molar-refractivity contribution is -0.121. The van der Waals surface area contributed by atoms with E-state index in [1.54, 1.807) is 12.1 Å². The maximum Gasteiger partial charge on any atom is 0.227 e. The van der Waals surface area contributed by atoms with Gasteiger partial charge in [-0.15, -0.1) is 0 Å². The first-order valence-electron chi connectivity index (χ1n) is 7.46. The van der Waals surface area contributed by atoms with Crippen LogP contribution in [0, 0.1) is 5.82 Å². The number of aromatic nitrogens is 2. The maximum atomic E-state index is 13.2. The number of carbonyl (C=O) groups is 1. The van der Waals surface area contributed by atoms with Crippen LogP contribution in [0.2, 0.25) is 0 Å². The number of hydrogen-bond donors (Lipinski definition) is 1. The van der Waals surface area contributed by atoms with Crippen molar-refractivity contribution in [2.24, 2.45) is 0 Å². The number of nitrogens with one attached hydrogen (secondary N) is 1. The predicted octanol–water partition coefficient (Wildman–Crippen LogP) is 3.11. The van der Waals surface area contributed by atoms with Crippen LogP contribution in [-0.2, 0) is 11.2 Å². The van der Waals surface area contributed by atoms with E-state index in [1.807, 2.05) is 6.92 Å². The zero-order valence-electron chi connectivity index (χ0n) is 12.8. The van der Waals surface area contributed by atoms with Gasteiger partial charge in [-0.25, -0.2) is 4.39 Å². The van der Waals surface area contributed by atoms with Crippen LogP contribution >= 0.6 is 0 Å². The highest BCUT2D eigenvalue weighted by molar-refractivity contribution is 5.76. The highest BCUT2D eigenvalue weighted by Crippen LogP contribution is 2.17. The Morgan fingerprint density at radius 1 is 1.45 bits per heavy atom. The van der Waals surface area contributed by atoms with Gasteiger partial charge in [-0.3, -0.25) is 4.79 Å². The molecule has 0 fully saturated rings. The van der Waals surface area contributed by atoms with E-state index in [1.165, 1.54) is 12.1 Å². The second-order valence-electron chi connectivity index (χ2n) is 5.28. The minimum absolute atomic E-state index is 0.0357. The molecule has 2 rings (SSSR count). The highest BCUT2D eigenvalue weighted by atomic mass is 19.1. The molecule has 0 bridgehead atoms. The Morgan fingerprint density at radius 3 is 3.00 bits per heavy atom. The molecule has 0 aliphatic rings. The third kappa shape index (κ3) is 4.65. The summed E-state index contributed by atoms with van der Waals surface area (Å²) in [6.45, 7) is 4.06. The van der Waals surface area contributed by atoms with Crippen molar-refractivity contribution in [3.05, 3.63) is 36.0 Å². The molecule has 118 valence electrons. The SMILES string of the molecule is CCC[C@H](C)NC(=O)CCc1nc(-c2cccc(F)c2)no1. The van der Waals surface area contributed by atoms with E-state index in [-0.39, 0.29) is 17.8 Å². The topological polar surface area (TPSA) is 68.0 Å². The van der Waals surface area contributed by atoms with Gasteiger partial charge in [-0.2, -0.15) is 4.98 Å². The zero-order chi connectivity index (χ0) is 15.9. The summed E-state index contributed by atoms with van der Waals surface area (Å²) in [6, 6.07) is 6.16. The Hall–Kier alpha value is -2.24. The summed E-state index contributed by atoms with van der Waals surface area (Å²) in [4.78, 5) is 16.0. The fraction of sp³-hybridized carbons (Fsp3) is 0.438. The van der Waals surface area contributed by atoms with Crippen molar-refractivity contribution < 1.29 is 13.7 Å². The van der Waals surface area contributed by atoms with Gasteiger partial charge in [0.25, 0.3) is 0 Å². The Labute approximate surface area is 128 Å². The quantitative estimate of drug-likeness (QED) is 0.853. The third-order valence-electron chi connectivity index (χ3n) is 3.25. The number of carbonyl (C=O) groups excluding carboxylic acids is 1. The summed E-state index contributed by atoms with van der Waals surface area (Å²) in [7, 11) is 0. The lowest BCUT2D eigenvalue weighted by Gasteiger charge is -2.11. The minimum atomic E-state index is -0.354. The van der Waals surface area contributed by atoms with Gasteiger partial charge in [-0.05, 0) is 25.5 Å². The molecule has 1 heterocycles. The fourth-order valence-electron chi connectivity index (χ4n) is 2.17. The molecule has 1 atom stereocenters. The average Bonchev–Trinajstić information content (AvgIpc) is 2.94. The number of benzene rings is 1. The van der Waals surface area contributed by atoms with E-state index >= 15 is 0 Å². The molecule has 0 saturated carbocycles. The molecule has 1 amide bonds. The van der Waals surface area contributed by atoms with Crippen molar-refractivity contribution in [2.45, 2.75) is 45.6 Å². The summed E-state index contributed by atoms with van der Waals surface area (Å²) in [5, 5.41) is 6.73. The molecule has 2 aromatic rings. The zero-order valence-corrected chi connectivity index (χ0v) is 12.8. The summed E-state index contributed by atoms with van der Waals surface area (Å²) in [6.07, 6.45) is 2.64. The summed E-state index contributed by atoms with van der Waals surface area (Å²) in [5.74, 6) is 0.311. The number of rotatable bonds is 7. The van der Waals surface area contributed by atoms with Crippen LogP contribution in [0.4, 0.5) is 4.39 Å². The Balaban J connectivity index is 1.88. The van der Waals surface area contributed by atoms with Crippen molar-refractivity contribution in [2.75, 3.05) is 0 Å². The van der Waals surface area contributed by atoms with Crippen LogP contribution in [0.1, 0.15) is 39.0 Å². The molecule has 0 spiro atoms. The van der Waals surface area contributed by atoms with Crippen LogP contribution in [0.25, 0.3) is 11.4 Å². The molecule has 0 unspecified atom stereocenters. The van der Waals surface area contributed by atoms with E-state index in [2.05, 4.69) is 22.4 Å². The van der Waals surface area contributed by atoms with Crippen LogP contribution in [0.3, 0.4) is 0 Å². The summed E-state index contributed by atoms with van der Waals surface area (Å²) >= 11 is 0. The van der Waals surface area contributed by atoms with Crippen molar-refractivity contribution in [3.63, 3.8) is 0 Å². The largest absolute Gasteiger partial charge is 0.354 e. The molecule has 22 heavy (non-hydrogen) atoms. The number of halogens is 1. The third-order valence-corrected chi connectivity index (χ3v) is 3.25. The number of amides is 1. The predicted molar refractivity (Wildman–Crippen MR) is 80.5 cm³/mol. The highest BCUT2D eigenvalue weighted by Gasteiger charge is 2.12. The molecule has 1 aromatic heterocycles. The molecule has 0 radical (unpaired) electrons. The first-order chi connectivity index (χ1) is 10.6. The van der Waals surface area contributed by atoms with Gasteiger partial charge in [0, 0.05) is 24.4 Å². The van der Waals surface area contributed by atoms with Crippen molar-refractivity contribution in [1.82, 2.24) is 15.5 Å². The number of hydrogen-bond acceptors (Lipinski definition) is 4. The van der Waals surface area contributed by atoms with Crippen LogP contribution in [-0.4, -0.2) is 22.1 Å². The van der Waals surface area contributed by atoms with Gasteiger partial charge < -0.3 is 9.84 Å². The first-order valence-corrected chi connectivity index (χ1v) is 7.46. The standard InChI is InChI=1S/C16H20FN3O2/c1-3-5-11(2)18-14(21)8-9-15-19-16(20-22-15)12-6-4-7-13(17)10-12/h4,6-7,10-11H,3,5,8-9H2,1-2H3,(H,18,21)/t11-/m0/s1. The van der Waals surface area contributed by atoms with E-state index in [4.69, 9.17) is 4.52 Å². The van der Waals surface area contributed by atoms with Crippen molar-refractivity contribution in [3.8, 4) is 11.4 Å². The van der Waals surface area contributed by atoms with Crippen molar-refractivity contribution >= 4 is 5.91 Å². The van der Waals surface area contributed by atoms with Crippen LogP contribution < -0.4 is 5.32 Å². The van der Waals surface area contributed by atoms with Crippen LogP contribution in [0.15, 0.2) is 28.8 Å². The Bertz CT molecular complexity index is 627. The van der Waals surface area contributed by atoms with Gasteiger partial charge >= 0.3 is 0 Å². The first kappa shape index (κ1) is 16.1. The molecular formula is C16H20FN3O2. The summed E-state index contributed by atoms with van der Waals surface area (Å²) in [5.41, 5.74) is 0.552. The summed E-state index contributed by atoms with van der Waals surface area (Å²) < 4.78 is 18.3. The van der Waals surface area contributed by atoms with Crippen molar-refractivity contribution in [1.29, 1.82) is 0 Å². The number of aryl methyl sites for hydroxylation is 1. The Kier molecular flexibility index (Phi) is 5.63. The molecule has 1 aromatic carbocycles.